The van der Waals surface area contributed by atoms with E-state index in [1.807, 2.05) is 0 Å². The number of unbranched alkanes of at least 4 members (excludes halogenated alkanes) is 11. The van der Waals surface area contributed by atoms with E-state index in [2.05, 4.69) is 37.7 Å². The number of ether oxygens (including phenoxy) is 4. The first kappa shape index (κ1) is 39.4. The van der Waals surface area contributed by atoms with Crippen LogP contribution in [-0.4, -0.2) is 87.4 Å². The zero-order valence-electron chi connectivity index (χ0n) is 29.5. The van der Waals surface area contributed by atoms with Crippen LogP contribution in [0.4, 0.5) is 0 Å². The van der Waals surface area contributed by atoms with Gasteiger partial charge in [-0.2, -0.15) is 0 Å². The maximum Gasteiger partial charge on any atom is 0.240 e. The van der Waals surface area contributed by atoms with Gasteiger partial charge in [0.1, 0.15) is 0 Å². The predicted molar refractivity (Wildman–Crippen MR) is 182 cm³/mol. The highest BCUT2D eigenvalue weighted by molar-refractivity contribution is 5.82. The summed E-state index contributed by atoms with van der Waals surface area (Å²) in [5.41, 5.74) is 0. The van der Waals surface area contributed by atoms with Crippen molar-refractivity contribution in [1.29, 1.82) is 0 Å². The normalized spacial score (nSPS) is 20.6. The molecule has 2 heterocycles. The first-order valence-electron chi connectivity index (χ1n) is 19.0. The summed E-state index contributed by atoms with van der Waals surface area (Å²) in [6.07, 6.45) is 26.9. The van der Waals surface area contributed by atoms with E-state index in [1.54, 1.807) is 0 Å². The number of nitrogens with zero attached hydrogens (tertiary/aromatic N) is 2. The van der Waals surface area contributed by atoms with Crippen molar-refractivity contribution >= 4 is 5.91 Å². The molecule has 44 heavy (non-hydrogen) atoms. The van der Waals surface area contributed by atoms with Crippen LogP contribution < -0.4 is 0 Å². The lowest BCUT2D eigenvalue weighted by Crippen LogP contribution is -2.50. The Morgan fingerprint density at radius 1 is 0.682 bits per heavy atom. The number of hydrogen-bond donors (Lipinski definition) is 0. The minimum Gasteiger partial charge on any atom is -0.353 e. The Balaban J connectivity index is 1.87. The Morgan fingerprint density at radius 2 is 1.18 bits per heavy atom. The van der Waals surface area contributed by atoms with Crippen molar-refractivity contribution < 1.29 is 23.7 Å². The van der Waals surface area contributed by atoms with Crippen molar-refractivity contribution in [2.45, 2.75) is 186 Å². The number of hydrogen-bond acceptors (Lipinski definition) is 6. The largest absolute Gasteiger partial charge is 0.353 e. The molecule has 0 spiro atoms. The highest BCUT2D eigenvalue weighted by Crippen LogP contribution is 2.22. The number of likely N-dealkylation sites (N-methyl/N-ethyl adjacent to an activating group) is 1. The Kier molecular flexibility index (Phi) is 23.6. The van der Waals surface area contributed by atoms with Gasteiger partial charge in [-0.05, 0) is 97.6 Å². The summed E-state index contributed by atoms with van der Waals surface area (Å²) >= 11 is 0. The lowest BCUT2D eigenvalue weighted by molar-refractivity contribution is -0.163. The van der Waals surface area contributed by atoms with E-state index in [-0.39, 0.29) is 18.6 Å². The fourth-order valence-electron chi connectivity index (χ4n) is 6.73. The minimum atomic E-state index is -0.0440. The molecular formula is C37H72N2O5. The van der Waals surface area contributed by atoms with Crippen molar-refractivity contribution in [2.75, 3.05) is 47.1 Å². The van der Waals surface area contributed by atoms with Gasteiger partial charge >= 0.3 is 0 Å². The molecule has 0 saturated carbocycles. The number of rotatable bonds is 27. The Labute approximate surface area is 272 Å². The van der Waals surface area contributed by atoms with Gasteiger partial charge in [-0.1, -0.05) is 78.1 Å². The monoisotopic (exact) mass is 625 g/mol. The molecule has 2 rings (SSSR count). The molecule has 2 aliphatic heterocycles. The summed E-state index contributed by atoms with van der Waals surface area (Å²) in [5, 5.41) is 0. The smallest absolute Gasteiger partial charge is 0.240 e. The molecule has 0 aliphatic carbocycles. The minimum absolute atomic E-state index is 0.00858. The molecule has 0 aromatic rings. The summed E-state index contributed by atoms with van der Waals surface area (Å²) in [4.78, 5) is 18.5. The van der Waals surface area contributed by atoms with Crippen LogP contribution in [0.1, 0.15) is 162 Å². The highest BCUT2D eigenvalue weighted by Gasteiger charge is 2.29. The third-order valence-corrected chi connectivity index (χ3v) is 9.52. The maximum atomic E-state index is 14.0. The van der Waals surface area contributed by atoms with Gasteiger partial charge in [0, 0.05) is 39.0 Å². The van der Waals surface area contributed by atoms with Crippen LogP contribution in [0.25, 0.3) is 0 Å². The maximum absolute atomic E-state index is 14.0. The second-order valence-corrected chi connectivity index (χ2v) is 13.6. The van der Waals surface area contributed by atoms with E-state index in [1.165, 1.54) is 77.0 Å². The third-order valence-electron chi connectivity index (χ3n) is 9.52. The van der Waals surface area contributed by atoms with Gasteiger partial charge in [0.25, 0.3) is 0 Å². The molecule has 0 N–H and O–H groups in total. The summed E-state index contributed by atoms with van der Waals surface area (Å²) in [6, 6.07) is 0.295. The van der Waals surface area contributed by atoms with E-state index in [9.17, 15) is 4.79 Å². The standard InChI is InChI=1S/C37H72N2O5/c1-5-7-8-9-10-11-15-24-33(25-16-12-13-20-29-41-35-26-17-22-31-43-35)39(37(40)34(6-2)38(3)4)28-19-14-21-30-42-36-27-18-23-32-44-36/h33-36H,5-32H2,1-4H3. The predicted octanol–water partition coefficient (Wildman–Crippen LogP) is 8.87. The SMILES string of the molecule is CCCCCCCCCC(CCCCCCOC1CCCCO1)N(CCCCCOC1CCCCO1)C(=O)C(CC)N(C)C. The molecule has 4 unspecified atom stereocenters. The average Bonchev–Trinajstić information content (AvgIpc) is 3.04. The highest BCUT2D eigenvalue weighted by atomic mass is 16.7. The van der Waals surface area contributed by atoms with Crippen molar-refractivity contribution in [3.05, 3.63) is 0 Å². The average molecular weight is 625 g/mol. The topological polar surface area (TPSA) is 60.5 Å². The molecule has 260 valence electrons. The molecule has 1 amide bonds. The van der Waals surface area contributed by atoms with Crippen LogP contribution in [0.3, 0.4) is 0 Å². The second kappa shape index (κ2) is 26.4. The summed E-state index contributed by atoms with van der Waals surface area (Å²) in [5.74, 6) is 0.332. The molecule has 0 radical (unpaired) electrons. The van der Waals surface area contributed by atoms with Crippen LogP contribution in [0.15, 0.2) is 0 Å². The molecule has 7 nitrogen and oxygen atoms in total. The molecule has 7 heteroatoms. The van der Waals surface area contributed by atoms with E-state index in [4.69, 9.17) is 18.9 Å². The fourth-order valence-corrected chi connectivity index (χ4v) is 6.73. The number of carbonyl (C=O) groups excluding carboxylic acids is 1. The van der Waals surface area contributed by atoms with Gasteiger partial charge in [0.15, 0.2) is 12.6 Å². The van der Waals surface area contributed by atoms with Crippen molar-refractivity contribution in [3.63, 3.8) is 0 Å². The van der Waals surface area contributed by atoms with Crippen molar-refractivity contribution in [2.24, 2.45) is 0 Å². The molecule has 2 aliphatic rings. The Morgan fingerprint density at radius 3 is 1.66 bits per heavy atom. The van der Waals surface area contributed by atoms with Crippen LogP contribution in [0.5, 0.6) is 0 Å². The van der Waals surface area contributed by atoms with Crippen molar-refractivity contribution in [1.82, 2.24) is 9.80 Å². The molecule has 0 aromatic carbocycles. The van der Waals surface area contributed by atoms with Gasteiger partial charge in [-0.15, -0.1) is 0 Å². The zero-order valence-corrected chi connectivity index (χ0v) is 29.5. The second-order valence-electron chi connectivity index (χ2n) is 13.6. The van der Waals surface area contributed by atoms with Crippen LogP contribution in [-0.2, 0) is 23.7 Å². The lowest BCUT2D eigenvalue weighted by atomic mass is 9.97. The summed E-state index contributed by atoms with van der Waals surface area (Å²) in [6.45, 7) is 8.52. The molecule has 2 fully saturated rings. The number of amides is 1. The van der Waals surface area contributed by atoms with Crippen LogP contribution >= 0.6 is 0 Å². The quantitative estimate of drug-likeness (QED) is 0.0851. The number of carbonyl (C=O) groups is 1. The van der Waals surface area contributed by atoms with E-state index in [0.29, 0.717) is 11.9 Å². The summed E-state index contributed by atoms with van der Waals surface area (Å²) in [7, 11) is 4.11. The van der Waals surface area contributed by atoms with Gasteiger partial charge in [-0.3, -0.25) is 9.69 Å². The summed E-state index contributed by atoms with van der Waals surface area (Å²) < 4.78 is 23.4. The van der Waals surface area contributed by atoms with E-state index < -0.39 is 0 Å². The van der Waals surface area contributed by atoms with Crippen molar-refractivity contribution in [3.8, 4) is 0 Å². The van der Waals surface area contributed by atoms with Crippen LogP contribution in [0, 0.1) is 0 Å². The molecule has 0 bridgehead atoms. The van der Waals surface area contributed by atoms with E-state index >= 15 is 0 Å². The molecular weight excluding hydrogens is 552 g/mol. The third kappa shape index (κ3) is 17.8. The molecule has 0 aromatic heterocycles. The van der Waals surface area contributed by atoms with Gasteiger partial charge in [-0.25, -0.2) is 0 Å². The molecule has 4 atom stereocenters. The fraction of sp³-hybridized carbons (Fsp3) is 0.973. The van der Waals surface area contributed by atoms with Crippen LogP contribution in [0.2, 0.25) is 0 Å². The zero-order chi connectivity index (χ0) is 31.7. The van der Waals surface area contributed by atoms with Gasteiger partial charge < -0.3 is 23.8 Å². The Bertz CT molecular complexity index is 666. The van der Waals surface area contributed by atoms with E-state index in [0.717, 1.165) is 104 Å². The first-order chi connectivity index (χ1) is 21.6. The Hall–Kier alpha value is -0.730. The molecule has 2 saturated heterocycles. The first-order valence-corrected chi connectivity index (χ1v) is 19.0. The van der Waals surface area contributed by atoms with Gasteiger partial charge in [0.2, 0.25) is 5.91 Å². The van der Waals surface area contributed by atoms with Gasteiger partial charge in [0.05, 0.1) is 6.04 Å². The lowest BCUT2D eigenvalue weighted by Gasteiger charge is -2.36.